The van der Waals surface area contributed by atoms with Crippen LogP contribution in [0.25, 0.3) is 22.2 Å². The van der Waals surface area contributed by atoms with E-state index in [1.165, 1.54) is 24.3 Å². The largest absolute Gasteiger partial charge is 0.342 e. The number of imidazole rings is 1. The van der Waals surface area contributed by atoms with Crippen molar-refractivity contribution in [1.29, 1.82) is 0 Å². The Kier molecular flexibility index (Phi) is 5.37. The van der Waals surface area contributed by atoms with Gasteiger partial charge in [0.1, 0.15) is 17.5 Å². The Bertz CT molecular complexity index is 1300. The minimum atomic E-state index is -0.289. The summed E-state index contributed by atoms with van der Waals surface area (Å²) in [6, 6.07) is 12.6. The van der Waals surface area contributed by atoms with Crippen LogP contribution in [0.3, 0.4) is 0 Å². The molecule has 1 aliphatic carbocycles. The second-order valence-electron chi connectivity index (χ2n) is 8.87. The number of benzene rings is 2. The van der Waals surface area contributed by atoms with Gasteiger partial charge in [0.25, 0.3) is 0 Å². The zero-order valence-corrected chi connectivity index (χ0v) is 17.9. The number of H-pyrrole nitrogens is 2. The van der Waals surface area contributed by atoms with Gasteiger partial charge in [0, 0.05) is 22.9 Å². The van der Waals surface area contributed by atoms with Gasteiger partial charge in [-0.1, -0.05) is 6.92 Å². The van der Waals surface area contributed by atoms with Crippen LogP contribution in [0.1, 0.15) is 55.8 Å². The predicted octanol–water partition coefficient (Wildman–Crippen LogP) is 6.27. The highest BCUT2D eigenvalue weighted by molar-refractivity contribution is 5.82. The van der Waals surface area contributed by atoms with Crippen molar-refractivity contribution in [2.75, 3.05) is 0 Å². The fraction of sp³-hybridized carbons (Fsp3) is 0.308. The Balaban J connectivity index is 1.31. The van der Waals surface area contributed by atoms with E-state index in [9.17, 15) is 13.6 Å². The summed E-state index contributed by atoms with van der Waals surface area (Å²) in [5, 5.41) is 0.802. The summed E-state index contributed by atoms with van der Waals surface area (Å²) < 4.78 is 27.1. The zero-order valence-electron chi connectivity index (χ0n) is 17.9. The minimum Gasteiger partial charge on any atom is -0.342 e. The number of nitrogens with one attached hydrogen (secondary N) is 2. The van der Waals surface area contributed by atoms with Crippen LogP contribution in [0, 0.1) is 17.6 Å². The van der Waals surface area contributed by atoms with Crippen molar-refractivity contribution in [3.63, 3.8) is 0 Å². The first-order valence-corrected chi connectivity index (χ1v) is 11.1. The van der Waals surface area contributed by atoms with Crippen LogP contribution in [0.15, 0.2) is 59.5 Å². The quantitative estimate of drug-likeness (QED) is 0.398. The Morgan fingerprint density at radius 3 is 2.41 bits per heavy atom. The number of rotatable bonds is 4. The molecule has 0 amide bonds. The molecule has 32 heavy (non-hydrogen) atoms. The monoisotopic (exact) mass is 433 g/mol. The average Bonchev–Trinajstić information content (AvgIpc) is 3.29. The van der Waals surface area contributed by atoms with Crippen LogP contribution in [0.4, 0.5) is 8.78 Å². The van der Waals surface area contributed by atoms with Gasteiger partial charge in [-0.3, -0.25) is 4.79 Å². The van der Waals surface area contributed by atoms with E-state index < -0.39 is 0 Å². The molecule has 4 aromatic rings. The number of aromatic amines is 2. The maximum absolute atomic E-state index is 13.9. The van der Waals surface area contributed by atoms with Gasteiger partial charge >= 0.3 is 0 Å². The van der Waals surface area contributed by atoms with E-state index in [1.54, 1.807) is 24.3 Å². The first-order valence-electron chi connectivity index (χ1n) is 11.1. The van der Waals surface area contributed by atoms with Gasteiger partial charge in [0.2, 0.25) is 5.56 Å². The van der Waals surface area contributed by atoms with Crippen molar-refractivity contribution in [2.24, 2.45) is 5.92 Å². The molecule has 0 radical (unpaired) electrons. The van der Waals surface area contributed by atoms with Crippen LogP contribution in [-0.4, -0.2) is 15.0 Å². The minimum absolute atomic E-state index is 0.140. The fourth-order valence-electron chi connectivity index (χ4n) is 5.09. The van der Waals surface area contributed by atoms with Crippen molar-refractivity contribution >= 4 is 10.9 Å². The lowest BCUT2D eigenvalue weighted by molar-refractivity contribution is 0.286. The highest BCUT2D eigenvalue weighted by Crippen LogP contribution is 2.42. The predicted molar refractivity (Wildman–Crippen MR) is 122 cm³/mol. The number of nitrogens with zero attached hydrogens (tertiary/aromatic N) is 1. The molecule has 1 aliphatic rings. The number of halogens is 2. The maximum Gasteiger partial charge on any atom is 0.248 e. The molecule has 0 saturated heterocycles. The van der Waals surface area contributed by atoms with Crippen LogP contribution in [-0.2, 0) is 0 Å². The molecule has 0 aliphatic heterocycles. The lowest BCUT2D eigenvalue weighted by Gasteiger charge is -2.32. The first kappa shape index (κ1) is 20.6. The SMILES string of the molecule is C[C@@H](c1ncc(-c2ccc(F)cc2)[nH]1)C1CCC(c2cc(=O)[nH]c3ccc(F)cc23)CC1. The first-order chi connectivity index (χ1) is 15.5. The highest BCUT2D eigenvalue weighted by atomic mass is 19.1. The van der Waals surface area contributed by atoms with E-state index in [-0.39, 0.29) is 29.0 Å². The Hall–Kier alpha value is -3.28. The van der Waals surface area contributed by atoms with E-state index in [4.69, 9.17) is 0 Å². The number of hydrogen-bond donors (Lipinski definition) is 2. The molecule has 4 nitrogen and oxygen atoms in total. The second-order valence-corrected chi connectivity index (χ2v) is 8.87. The van der Waals surface area contributed by atoms with Gasteiger partial charge in [0.15, 0.2) is 0 Å². The number of aromatic nitrogens is 3. The van der Waals surface area contributed by atoms with Gasteiger partial charge < -0.3 is 9.97 Å². The summed E-state index contributed by atoms with van der Waals surface area (Å²) in [5.74, 6) is 1.38. The molecular formula is C26H25F2N3O. The standard InChI is InChI=1S/C26H25F2N3O/c1-15(26-29-14-24(31-26)18-6-8-19(27)9-7-18)16-2-4-17(5-3-16)21-13-25(32)30-23-11-10-20(28)12-22(21)23/h6-17H,2-5H2,1H3,(H,29,31)(H,30,32)/t15-,16?,17?/m1/s1. The third-order valence-corrected chi connectivity index (χ3v) is 6.94. The molecule has 2 heterocycles. The van der Waals surface area contributed by atoms with Gasteiger partial charge in [-0.05, 0) is 91.1 Å². The molecule has 164 valence electrons. The van der Waals surface area contributed by atoms with E-state index in [0.29, 0.717) is 11.4 Å². The van der Waals surface area contributed by atoms with Crippen molar-refractivity contribution in [2.45, 2.75) is 44.4 Å². The normalized spacial score (nSPS) is 19.8. The third kappa shape index (κ3) is 3.97. The van der Waals surface area contributed by atoms with E-state index in [0.717, 1.165) is 53.7 Å². The van der Waals surface area contributed by atoms with Crippen LogP contribution in [0.5, 0.6) is 0 Å². The molecule has 0 spiro atoms. The maximum atomic E-state index is 13.9. The van der Waals surface area contributed by atoms with Gasteiger partial charge in [-0.25, -0.2) is 13.8 Å². The summed E-state index contributed by atoms with van der Waals surface area (Å²) in [6.07, 6.45) is 5.75. The Morgan fingerprint density at radius 1 is 0.938 bits per heavy atom. The molecule has 1 fully saturated rings. The lowest BCUT2D eigenvalue weighted by Crippen LogP contribution is -2.20. The molecule has 5 rings (SSSR count). The topological polar surface area (TPSA) is 61.5 Å². The smallest absolute Gasteiger partial charge is 0.248 e. The van der Waals surface area contributed by atoms with Crippen LogP contribution >= 0.6 is 0 Å². The summed E-state index contributed by atoms with van der Waals surface area (Å²) >= 11 is 0. The van der Waals surface area contributed by atoms with Crippen LogP contribution < -0.4 is 5.56 Å². The van der Waals surface area contributed by atoms with Crippen molar-refractivity contribution in [3.05, 3.63) is 88.1 Å². The molecule has 6 heteroatoms. The number of pyridine rings is 1. The molecule has 1 saturated carbocycles. The number of fused-ring (bicyclic) bond motifs is 1. The summed E-state index contributed by atoms with van der Waals surface area (Å²) in [7, 11) is 0. The van der Waals surface area contributed by atoms with E-state index in [2.05, 4.69) is 21.9 Å². The molecule has 2 aromatic heterocycles. The van der Waals surface area contributed by atoms with Crippen molar-refractivity contribution < 1.29 is 8.78 Å². The van der Waals surface area contributed by atoms with E-state index >= 15 is 0 Å². The number of hydrogen-bond acceptors (Lipinski definition) is 2. The molecule has 2 aromatic carbocycles. The van der Waals surface area contributed by atoms with Crippen molar-refractivity contribution in [1.82, 2.24) is 15.0 Å². The fourth-order valence-corrected chi connectivity index (χ4v) is 5.09. The molecule has 0 bridgehead atoms. The average molecular weight is 434 g/mol. The molecule has 2 N–H and O–H groups in total. The summed E-state index contributed by atoms with van der Waals surface area (Å²) in [5.41, 5.74) is 3.30. The van der Waals surface area contributed by atoms with Crippen LogP contribution in [0.2, 0.25) is 0 Å². The molecular weight excluding hydrogens is 408 g/mol. The second kappa shape index (κ2) is 8.34. The van der Waals surface area contributed by atoms with E-state index in [1.807, 2.05) is 6.20 Å². The van der Waals surface area contributed by atoms with Crippen molar-refractivity contribution in [3.8, 4) is 11.3 Å². The van der Waals surface area contributed by atoms with Gasteiger partial charge in [-0.2, -0.15) is 0 Å². The molecule has 1 atom stereocenters. The zero-order chi connectivity index (χ0) is 22.2. The summed E-state index contributed by atoms with van der Waals surface area (Å²) in [4.78, 5) is 23.0. The Labute approximate surface area is 184 Å². The Morgan fingerprint density at radius 2 is 1.66 bits per heavy atom. The lowest BCUT2D eigenvalue weighted by atomic mass is 9.73. The summed E-state index contributed by atoms with van der Waals surface area (Å²) in [6.45, 7) is 2.19. The molecule has 0 unspecified atom stereocenters. The third-order valence-electron chi connectivity index (χ3n) is 6.94. The highest BCUT2D eigenvalue weighted by Gasteiger charge is 2.29. The van der Waals surface area contributed by atoms with Gasteiger partial charge in [-0.15, -0.1) is 0 Å². The van der Waals surface area contributed by atoms with Gasteiger partial charge in [0.05, 0.1) is 11.9 Å².